The van der Waals surface area contributed by atoms with Gasteiger partial charge < -0.3 is 10.4 Å². The minimum Gasteiger partial charge on any atom is -0.477 e. The molecule has 114 valence electrons. The molecule has 0 aromatic carbocycles. The number of aromatic nitrogens is 3. The third-order valence-corrected chi connectivity index (χ3v) is 4.45. The topological polar surface area (TPSA) is 80.0 Å². The number of rotatable bonds is 5. The van der Waals surface area contributed by atoms with Crippen molar-refractivity contribution >= 4 is 17.3 Å². The number of thiazole rings is 1. The molecule has 0 saturated carbocycles. The van der Waals surface area contributed by atoms with E-state index < -0.39 is 5.97 Å². The normalized spacial score (nSPS) is 11.8. The van der Waals surface area contributed by atoms with Gasteiger partial charge in [0.25, 0.3) is 0 Å². The number of nitrogens with zero attached hydrogens (tertiary/aromatic N) is 3. The Bertz CT molecular complexity index is 640. The molecule has 7 heteroatoms. The maximum absolute atomic E-state index is 11.2. The Morgan fingerprint density at radius 1 is 1.38 bits per heavy atom. The van der Waals surface area contributed by atoms with Crippen LogP contribution >= 0.6 is 11.3 Å². The Morgan fingerprint density at radius 3 is 2.67 bits per heavy atom. The lowest BCUT2D eigenvalue weighted by Gasteiger charge is -2.13. The van der Waals surface area contributed by atoms with Crippen molar-refractivity contribution in [2.24, 2.45) is 7.05 Å². The van der Waals surface area contributed by atoms with E-state index in [1.54, 1.807) is 24.6 Å². The number of hydrogen-bond acceptors (Lipinski definition) is 5. The zero-order valence-electron chi connectivity index (χ0n) is 12.7. The van der Waals surface area contributed by atoms with Gasteiger partial charge in [-0.15, -0.1) is 11.3 Å². The summed E-state index contributed by atoms with van der Waals surface area (Å²) < 4.78 is 1.38. The summed E-state index contributed by atoms with van der Waals surface area (Å²) in [5.41, 5.74) is 0.968. The molecule has 2 heterocycles. The lowest BCUT2D eigenvalue weighted by Crippen LogP contribution is -2.15. The van der Waals surface area contributed by atoms with Crippen molar-refractivity contribution in [2.45, 2.75) is 39.3 Å². The minimum atomic E-state index is -0.959. The predicted molar refractivity (Wildman–Crippen MR) is 81.5 cm³/mol. The maximum atomic E-state index is 11.2. The molecular formula is C14H20N4O2S. The Morgan fingerprint density at radius 2 is 2.10 bits per heavy atom. The summed E-state index contributed by atoms with van der Waals surface area (Å²) in [6, 6.07) is 0. The third-order valence-electron chi connectivity index (χ3n) is 3.03. The number of aryl methyl sites for hydroxylation is 1. The van der Waals surface area contributed by atoms with Crippen LogP contribution < -0.4 is 5.32 Å². The van der Waals surface area contributed by atoms with E-state index in [0.29, 0.717) is 18.7 Å². The molecule has 6 nitrogen and oxygen atoms in total. The van der Waals surface area contributed by atoms with Crippen molar-refractivity contribution in [2.75, 3.05) is 0 Å². The van der Waals surface area contributed by atoms with Crippen LogP contribution in [0.3, 0.4) is 0 Å². The first-order chi connectivity index (χ1) is 9.79. The van der Waals surface area contributed by atoms with E-state index in [1.165, 1.54) is 4.68 Å². The van der Waals surface area contributed by atoms with Crippen LogP contribution in [0.4, 0.5) is 0 Å². The quantitative estimate of drug-likeness (QED) is 0.885. The molecule has 2 rings (SSSR count). The highest BCUT2D eigenvalue weighted by Crippen LogP contribution is 2.26. The second kappa shape index (κ2) is 5.95. The van der Waals surface area contributed by atoms with Gasteiger partial charge in [0.2, 0.25) is 0 Å². The molecule has 2 N–H and O–H groups in total. The molecule has 0 atom stereocenters. The fourth-order valence-corrected chi connectivity index (χ4v) is 2.88. The van der Waals surface area contributed by atoms with Crippen LogP contribution in [0.5, 0.6) is 0 Å². The first-order valence-corrected chi connectivity index (χ1v) is 7.50. The van der Waals surface area contributed by atoms with Crippen molar-refractivity contribution in [1.82, 2.24) is 20.1 Å². The van der Waals surface area contributed by atoms with E-state index in [4.69, 9.17) is 5.11 Å². The van der Waals surface area contributed by atoms with E-state index in [2.05, 4.69) is 36.2 Å². The monoisotopic (exact) mass is 308 g/mol. The van der Waals surface area contributed by atoms with Crippen LogP contribution in [-0.2, 0) is 25.6 Å². The highest BCUT2D eigenvalue weighted by atomic mass is 32.1. The second-order valence-corrected chi connectivity index (χ2v) is 7.05. The van der Waals surface area contributed by atoms with E-state index in [-0.39, 0.29) is 11.1 Å². The SMILES string of the molecule is Cn1ncc(CNCc2cnc(C(C)(C)C)s2)c1C(=O)O. The molecule has 0 spiro atoms. The van der Waals surface area contributed by atoms with Gasteiger partial charge in [0, 0.05) is 42.2 Å². The zero-order valence-corrected chi connectivity index (χ0v) is 13.5. The molecular weight excluding hydrogens is 288 g/mol. The maximum Gasteiger partial charge on any atom is 0.354 e. The molecule has 0 amide bonds. The Kier molecular flexibility index (Phi) is 4.43. The van der Waals surface area contributed by atoms with E-state index in [1.807, 2.05) is 6.20 Å². The highest BCUT2D eigenvalue weighted by Gasteiger charge is 2.18. The highest BCUT2D eigenvalue weighted by molar-refractivity contribution is 7.11. The van der Waals surface area contributed by atoms with Gasteiger partial charge in [0.05, 0.1) is 11.2 Å². The molecule has 0 radical (unpaired) electrons. The van der Waals surface area contributed by atoms with Crippen LogP contribution in [0.1, 0.15) is 46.7 Å². The molecule has 0 aliphatic carbocycles. The summed E-state index contributed by atoms with van der Waals surface area (Å²) >= 11 is 1.68. The molecule has 0 fully saturated rings. The summed E-state index contributed by atoms with van der Waals surface area (Å²) in [5.74, 6) is -0.959. The number of aromatic carboxylic acids is 1. The molecule has 2 aromatic rings. The first kappa shape index (κ1) is 15.7. The third kappa shape index (κ3) is 3.68. The van der Waals surface area contributed by atoms with Gasteiger partial charge >= 0.3 is 5.97 Å². The zero-order chi connectivity index (χ0) is 15.6. The van der Waals surface area contributed by atoms with Gasteiger partial charge in [-0.05, 0) is 0 Å². The van der Waals surface area contributed by atoms with E-state index in [0.717, 1.165) is 9.88 Å². The van der Waals surface area contributed by atoms with Gasteiger partial charge in [-0.25, -0.2) is 9.78 Å². The van der Waals surface area contributed by atoms with Crippen LogP contribution in [0, 0.1) is 0 Å². The van der Waals surface area contributed by atoms with Gasteiger partial charge in [-0.1, -0.05) is 20.8 Å². The van der Waals surface area contributed by atoms with Gasteiger partial charge in [-0.2, -0.15) is 5.10 Å². The summed E-state index contributed by atoms with van der Waals surface area (Å²) in [4.78, 5) is 16.7. The van der Waals surface area contributed by atoms with Gasteiger partial charge in [0.1, 0.15) is 5.69 Å². The Hall–Kier alpha value is -1.73. The Balaban J connectivity index is 1.96. The van der Waals surface area contributed by atoms with Crippen molar-refractivity contribution in [1.29, 1.82) is 0 Å². The largest absolute Gasteiger partial charge is 0.477 e. The molecule has 0 aliphatic rings. The number of hydrogen-bond donors (Lipinski definition) is 2. The summed E-state index contributed by atoms with van der Waals surface area (Å²) in [6.45, 7) is 7.55. The average Bonchev–Trinajstić information content (AvgIpc) is 2.96. The average molecular weight is 308 g/mol. The summed E-state index contributed by atoms with van der Waals surface area (Å²) in [5, 5.41) is 17.5. The van der Waals surface area contributed by atoms with Crippen molar-refractivity contribution in [3.63, 3.8) is 0 Å². The van der Waals surface area contributed by atoms with Crippen molar-refractivity contribution in [3.05, 3.63) is 33.5 Å². The molecule has 2 aromatic heterocycles. The first-order valence-electron chi connectivity index (χ1n) is 6.69. The predicted octanol–water partition coefficient (Wildman–Crippen LogP) is 2.16. The van der Waals surface area contributed by atoms with Gasteiger partial charge in [0.15, 0.2) is 0 Å². The molecule has 0 aliphatic heterocycles. The number of carboxylic acid groups (broad SMARTS) is 1. The summed E-state index contributed by atoms with van der Waals surface area (Å²) in [6.07, 6.45) is 3.46. The molecule has 0 saturated heterocycles. The number of carbonyl (C=O) groups is 1. The lowest BCUT2D eigenvalue weighted by molar-refractivity contribution is 0.0683. The summed E-state index contributed by atoms with van der Waals surface area (Å²) in [7, 11) is 1.63. The van der Waals surface area contributed by atoms with Crippen LogP contribution in [0.2, 0.25) is 0 Å². The van der Waals surface area contributed by atoms with Crippen LogP contribution in [-0.4, -0.2) is 25.8 Å². The fourth-order valence-electron chi connectivity index (χ4n) is 1.94. The van der Waals surface area contributed by atoms with Crippen molar-refractivity contribution in [3.8, 4) is 0 Å². The standard InChI is InChI=1S/C14H20N4O2S/c1-14(2,3)13-16-8-10(21-13)7-15-5-9-6-17-18(4)11(9)12(19)20/h6,8,15H,5,7H2,1-4H3,(H,19,20). The molecule has 21 heavy (non-hydrogen) atoms. The van der Waals surface area contributed by atoms with E-state index in [9.17, 15) is 4.79 Å². The van der Waals surface area contributed by atoms with E-state index >= 15 is 0 Å². The second-order valence-electron chi connectivity index (χ2n) is 5.93. The molecule has 0 unspecified atom stereocenters. The number of carboxylic acids is 1. The Labute approximate surface area is 127 Å². The fraction of sp³-hybridized carbons (Fsp3) is 0.500. The lowest BCUT2D eigenvalue weighted by atomic mass is 9.98. The van der Waals surface area contributed by atoms with Crippen molar-refractivity contribution < 1.29 is 9.90 Å². The van der Waals surface area contributed by atoms with Crippen LogP contribution in [0.25, 0.3) is 0 Å². The smallest absolute Gasteiger partial charge is 0.354 e. The molecule has 0 bridgehead atoms. The van der Waals surface area contributed by atoms with Crippen LogP contribution in [0.15, 0.2) is 12.4 Å². The minimum absolute atomic E-state index is 0.0583. The number of nitrogens with one attached hydrogen (secondary N) is 1. The van der Waals surface area contributed by atoms with Gasteiger partial charge in [-0.3, -0.25) is 4.68 Å².